The number of carbonyl (C=O) groups excluding carboxylic acids is 1. The molecule has 0 saturated carbocycles. The monoisotopic (exact) mass is 360 g/mol. The third-order valence-corrected chi connectivity index (χ3v) is 4.81. The van der Waals surface area contributed by atoms with Crippen LogP contribution in [0.1, 0.15) is 12.0 Å². The minimum atomic E-state index is -3.51. The van der Waals surface area contributed by atoms with Crippen molar-refractivity contribution in [2.75, 3.05) is 18.8 Å². The Hall–Kier alpha value is -0.920. The number of likely N-dealkylation sites (tertiary alicyclic amines) is 1. The van der Waals surface area contributed by atoms with E-state index in [0.29, 0.717) is 13.1 Å². The van der Waals surface area contributed by atoms with Crippen molar-refractivity contribution in [3.8, 4) is 0 Å². The van der Waals surface area contributed by atoms with Crippen LogP contribution in [0.3, 0.4) is 0 Å². The molecule has 1 atom stereocenters. The second-order valence-electron chi connectivity index (χ2n) is 5.12. The number of hydrogen-bond acceptors (Lipinski definition) is 3. The second kappa shape index (κ2) is 6.24. The van der Waals surface area contributed by atoms with Crippen LogP contribution in [0.5, 0.6) is 0 Å². The topological polar surface area (TPSA) is 80.5 Å². The van der Waals surface area contributed by atoms with Crippen molar-refractivity contribution in [1.29, 1.82) is 0 Å². The summed E-state index contributed by atoms with van der Waals surface area (Å²) >= 11 is 3.37. The lowest BCUT2D eigenvalue weighted by Gasteiger charge is -2.16. The zero-order chi connectivity index (χ0) is 14.8. The Morgan fingerprint density at radius 1 is 1.30 bits per heavy atom. The average molecular weight is 361 g/mol. The van der Waals surface area contributed by atoms with Gasteiger partial charge in [0.25, 0.3) is 0 Å². The van der Waals surface area contributed by atoms with Crippen molar-refractivity contribution >= 4 is 31.9 Å². The molecule has 1 heterocycles. The smallest absolute Gasteiger partial charge is 0.222 e. The molecule has 0 aromatic heterocycles. The van der Waals surface area contributed by atoms with Crippen LogP contribution in [0.25, 0.3) is 0 Å². The van der Waals surface area contributed by atoms with Crippen LogP contribution in [-0.4, -0.2) is 38.1 Å². The number of sulfonamides is 1. The van der Waals surface area contributed by atoms with E-state index in [2.05, 4.69) is 15.9 Å². The minimum absolute atomic E-state index is 0.00996. The van der Waals surface area contributed by atoms with E-state index >= 15 is 0 Å². The van der Waals surface area contributed by atoms with E-state index in [9.17, 15) is 13.2 Å². The largest absolute Gasteiger partial charge is 0.342 e. The summed E-state index contributed by atoms with van der Waals surface area (Å²) in [5, 5.41) is 5.02. The van der Waals surface area contributed by atoms with Crippen LogP contribution in [-0.2, 0) is 21.2 Å². The number of nitrogens with zero attached hydrogens (tertiary/aromatic N) is 1. The van der Waals surface area contributed by atoms with E-state index in [1.807, 2.05) is 24.3 Å². The Morgan fingerprint density at radius 2 is 1.95 bits per heavy atom. The first-order valence-corrected chi connectivity index (χ1v) is 8.87. The molecule has 0 spiro atoms. The second-order valence-corrected chi connectivity index (χ2v) is 7.69. The van der Waals surface area contributed by atoms with Gasteiger partial charge in [0.1, 0.15) is 0 Å². The summed E-state index contributed by atoms with van der Waals surface area (Å²) in [5.41, 5.74) is 1.15. The van der Waals surface area contributed by atoms with Gasteiger partial charge in [-0.3, -0.25) is 4.79 Å². The number of benzene rings is 1. The van der Waals surface area contributed by atoms with Gasteiger partial charge in [-0.1, -0.05) is 28.1 Å². The molecule has 1 aliphatic rings. The first-order valence-electron chi connectivity index (χ1n) is 6.36. The maximum Gasteiger partial charge on any atom is 0.222 e. The first-order chi connectivity index (χ1) is 9.33. The lowest BCUT2D eigenvalue weighted by Crippen LogP contribution is -2.29. The molecule has 1 saturated heterocycles. The van der Waals surface area contributed by atoms with Crippen LogP contribution < -0.4 is 5.14 Å². The van der Waals surface area contributed by atoms with Crippen molar-refractivity contribution in [2.45, 2.75) is 12.8 Å². The van der Waals surface area contributed by atoms with Crippen LogP contribution in [0.2, 0.25) is 0 Å². The fourth-order valence-electron chi connectivity index (χ4n) is 2.43. The molecule has 1 unspecified atom stereocenters. The summed E-state index contributed by atoms with van der Waals surface area (Å²) in [4.78, 5) is 13.5. The Bertz CT molecular complexity index is 586. The van der Waals surface area contributed by atoms with Crippen molar-refractivity contribution in [1.82, 2.24) is 4.90 Å². The zero-order valence-corrected chi connectivity index (χ0v) is 13.4. The molecule has 5 nitrogen and oxygen atoms in total. The van der Waals surface area contributed by atoms with Crippen molar-refractivity contribution in [3.05, 3.63) is 34.3 Å². The van der Waals surface area contributed by atoms with E-state index in [4.69, 9.17) is 5.14 Å². The Morgan fingerprint density at radius 3 is 2.55 bits per heavy atom. The molecule has 1 aliphatic heterocycles. The van der Waals surface area contributed by atoms with Crippen LogP contribution in [0, 0.1) is 5.92 Å². The highest BCUT2D eigenvalue weighted by Gasteiger charge is 2.31. The van der Waals surface area contributed by atoms with Crippen molar-refractivity contribution in [3.63, 3.8) is 0 Å². The Balaban J connectivity index is 1.87. The number of hydrogen-bond donors (Lipinski definition) is 1. The number of primary sulfonamides is 1. The van der Waals surface area contributed by atoms with Gasteiger partial charge in [-0.2, -0.15) is 0 Å². The molecule has 1 aromatic rings. The van der Waals surface area contributed by atoms with Crippen LogP contribution in [0.4, 0.5) is 0 Å². The van der Waals surface area contributed by atoms with E-state index in [-0.39, 0.29) is 24.0 Å². The summed E-state index contributed by atoms with van der Waals surface area (Å²) in [6.07, 6.45) is 1.04. The highest BCUT2D eigenvalue weighted by molar-refractivity contribution is 9.10. The molecule has 1 fully saturated rings. The number of carbonyl (C=O) groups is 1. The average Bonchev–Trinajstić information content (AvgIpc) is 2.66. The molecule has 20 heavy (non-hydrogen) atoms. The standard InChI is InChI=1S/C13H17BrN2O3S/c14-12-3-1-10(2-4-12)5-6-16-8-11(7-13(16)17)9-20(15,18)19/h1-4,11H,5-9H2,(H2,15,18,19). The number of rotatable bonds is 5. The van der Waals surface area contributed by atoms with E-state index in [0.717, 1.165) is 16.5 Å². The SMILES string of the molecule is NS(=O)(=O)CC1CC(=O)N(CCc2ccc(Br)cc2)C1. The Labute approximate surface area is 127 Å². The molecule has 0 radical (unpaired) electrons. The lowest BCUT2D eigenvalue weighted by molar-refractivity contribution is -0.127. The van der Waals surface area contributed by atoms with Crippen molar-refractivity contribution in [2.24, 2.45) is 11.1 Å². The Kier molecular flexibility index (Phi) is 4.82. The summed E-state index contributed by atoms with van der Waals surface area (Å²) < 4.78 is 23.1. The molecule has 2 rings (SSSR count). The third-order valence-electron chi connectivity index (χ3n) is 3.35. The maximum atomic E-state index is 11.8. The normalized spacial score (nSPS) is 19.6. The molecular formula is C13H17BrN2O3S. The summed E-state index contributed by atoms with van der Waals surface area (Å²) in [6, 6.07) is 7.94. The molecular weight excluding hydrogens is 344 g/mol. The zero-order valence-electron chi connectivity index (χ0n) is 11.0. The van der Waals surface area contributed by atoms with E-state index in [1.54, 1.807) is 4.90 Å². The highest BCUT2D eigenvalue weighted by atomic mass is 79.9. The van der Waals surface area contributed by atoms with Gasteiger partial charge in [0.15, 0.2) is 0 Å². The molecule has 1 amide bonds. The lowest BCUT2D eigenvalue weighted by atomic mass is 10.1. The van der Waals surface area contributed by atoms with Gasteiger partial charge in [0.05, 0.1) is 5.75 Å². The quantitative estimate of drug-likeness (QED) is 0.854. The molecule has 2 N–H and O–H groups in total. The van der Waals surface area contributed by atoms with Gasteiger partial charge in [0, 0.05) is 29.9 Å². The number of nitrogens with two attached hydrogens (primary N) is 1. The van der Waals surface area contributed by atoms with Gasteiger partial charge < -0.3 is 4.90 Å². The molecule has 1 aromatic carbocycles. The van der Waals surface area contributed by atoms with Crippen molar-refractivity contribution < 1.29 is 13.2 Å². The summed E-state index contributed by atoms with van der Waals surface area (Å²) in [6.45, 7) is 1.09. The molecule has 0 aliphatic carbocycles. The van der Waals surface area contributed by atoms with Crippen LogP contribution >= 0.6 is 15.9 Å². The fourth-order valence-corrected chi connectivity index (χ4v) is 3.57. The minimum Gasteiger partial charge on any atom is -0.342 e. The van der Waals surface area contributed by atoms with E-state index in [1.165, 1.54) is 0 Å². The molecule has 7 heteroatoms. The number of halogens is 1. The first kappa shape index (κ1) is 15.5. The van der Waals surface area contributed by atoms with E-state index < -0.39 is 10.0 Å². The predicted octanol–water partition coefficient (Wildman–Crippen LogP) is 1.13. The molecule has 0 bridgehead atoms. The van der Waals surface area contributed by atoms with Gasteiger partial charge in [-0.05, 0) is 24.1 Å². The van der Waals surface area contributed by atoms with Gasteiger partial charge in [0.2, 0.25) is 15.9 Å². The number of amides is 1. The molecule has 110 valence electrons. The maximum absolute atomic E-state index is 11.8. The van der Waals surface area contributed by atoms with Crippen LogP contribution in [0.15, 0.2) is 28.7 Å². The summed E-state index contributed by atoms with van der Waals surface area (Å²) in [7, 11) is -3.51. The summed E-state index contributed by atoms with van der Waals surface area (Å²) in [5.74, 6) is -0.286. The predicted molar refractivity (Wildman–Crippen MR) is 80.5 cm³/mol. The fraction of sp³-hybridized carbons (Fsp3) is 0.462. The van der Waals surface area contributed by atoms with Gasteiger partial charge in [-0.15, -0.1) is 0 Å². The van der Waals surface area contributed by atoms with Gasteiger partial charge in [-0.25, -0.2) is 13.6 Å². The third kappa shape index (κ3) is 4.57. The van der Waals surface area contributed by atoms with Gasteiger partial charge >= 0.3 is 0 Å². The highest BCUT2D eigenvalue weighted by Crippen LogP contribution is 2.19.